The molecule has 0 spiro atoms. The lowest BCUT2D eigenvalue weighted by atomic mass is 10.0. The molecule has 0 aliphatic carbocycles. The molecule has 0 aliphatic heterocycles. The summed E-state index contributed by atoms with van der Waals surface area (Å²) in [5, 5.41) is 2.17. The summed E-state index contributed by atoms with van der Waals surface area (Å²) >= 11 is 0. The third kappa shape index (κ3) is 3.91. The number of nitrogens with zero attached hydrogens (tertiary/aromatic N) is 2. The number of aromatic nitrogens is 2. The molecule has 0 aliphatic rings. The van der Waals surface area contributed by atoms with Gasteiger partial charge in [-0.2, -0.15) is 0 Å². The van der Waals surface area contributed by atoms with Gasteiger partial charge in [-0.25, -0.2) is 4.79 Å². The highest BCUT2D eigenvalue weighted by molar-refractivity contribution is 5.87. The van der Waals surface area contributed by atoms with E-state index < -0.39 is 0 Å². The average molecular weight is 418 g/mol. The third-order valence-corrected chi connectivity index (χ3v) is 5.68. The molecule has 4 aromatic carbocycles. The molecule has 0 saturated carbocycles. The summed E-state index contributed by atoms with van der Waals surface area (Å²) in [6.07, 6.45) is 1.70. The van der Waals surface area contributed by atoms with Crippen LogP contribution in [0, 0.1) is 0 Å². The van der Waals surface area contributed by atoms with Crippen molar-refractivity contribution in [3.63, 3.8) is 0 Å². The predicted molar refractivity (Wildman–Crippen MR) is 129 cm³/mol. The molecule has 0 unspecified atom stereocenters. The van der Waals surface area contributed by atoms with E-state index in [0.717, 1.165) is 27.5 Å². The molecule has 1 heterocycles. The van der Waals surface area contributed by atoms with E-state index in [1.54, 1.807) is 10.8 Å². The summed E-state index contributed by atoms with van der Waals surface area (Å²) in [6, 6.07) is 33.4. The van der Waals surface area contributed by atoms with Gasteiger partial charge in [0.25, 0.3) is 5.56 Å². The van der Waals surface area contributed by atoms with Crippen LogP contribution in [0.25, 0.3) is 21.9 Å². The van der Waals surface area contributed by atoms with Gasteiger partial charge in [-0.05, 0) is 33.5 Å². The van der Waals surface area contributed by atoms with Gasteiger partial charge < -0.3 is 0 Å². The Morgan fingerprint density at radius 3 is 1.88 bits per heavy atom. The molecule has 0 saturated heterocycles. The highest BCUT2D eigenvalue weighted by Gasteiger charge is 2.14. The Morgan fingerprint density at radius 2 is 1.19 bits per heavy atom. The maximum atomic E-state index is 13.5. The molecule has 0 amide bonds. The van der Waals surface area contributed by atoms with Crippen LogP contribution in [0.2, 0.25) is 0 Å². The second-order valence-electron chi connectivity index (χ2n) is 7.88. The van der Waals surface area contributed by atoms with Crippen molar-refractivity contribution in [1.29, 1.82) is 0 Å². The van der Waals surface area contributed by atoms with Crippen molar-refractivity contribution in [1.82, 2.24) is 9.13 Å². The van der Waals surface area contributed by atoms with Gasteiger partial charge in [0.1, 0.15) is 0 Å². The quantitative estimate of drug-likeness (QED) is 0.406. The zero-order chi connectivity index (χ0) is 21.9. The average Bonchev–Trinajstić information content (AvgIpc) is 2.84. The van der Waals surface area contributed by atoms with E-state index in [-0.39, 0.29) is 17.8 Å². The maximum Gasteiger partial charge on any atom is 0.331 e. The molecule has 4 nitrogen and oxygen atoms in total. The van der Waals surface area contributed by atoms with E-state index in [2.05, 4.69) is 0 Å². The van der Waals surface area contributed by atoms with Crippen LogP contribution in [0.4, 0.5) is 0 Å². The van der Waals surface area contributed by atoms with E-state index in [0.29, 0.717) is 12.1 Å². The van der Waals surface area contributed by atoms with Gasteiger partial charge >= 0.3 is 5.69 Å². The van der Waals surface area contributed by atoms with Crippen LogP contribution >= 0.6 is 0 Å². The minimum absolute atomic E-state index is 0.231. The first-order valence-corrected chi connectivity index (χ1v) is 10.6. The highest BCUT2D eigenvalue weighted by Crippen LogP contribution is 2.22. The maximum absolute atomic E-state index is 13.5. The van der Waals surface area contributed by atoms with Crippen LogP contribution in [0.3, 0.4) is 0 Å². The van der Waals surface area contributed by atoms with Crippen LogP contribution in [-0.4, -0.2) is 9.13 Å². The zero-order valence-corrected chi connectivity index (χ0v) is 17.5. The van der Waals surface area contributed by atoms with Gasteiger partial charge in [0.15, 0.2) is 0 Å². The summed E-state index contributed by atoms with van der Waals surface area (Å²) < 4.78 is 2.97. The van der Waals surface area contributed by atoms with Crippen molar-refractivity contribution < 1.29 is 0 Å². The fraction of sp³-hybridized carbons (Fsp3) is 0.0714. The second-order valence-corrected chi connectivity index (χ2v) is 7.88. The van der Waals surface area contributed by atoms with Crippen LogP contribution in [0.5, 0.6) is 0 Å². The molecule has 0 bridgehead atoms. The number of fused-ring (bicyclic) bond motifs is 1. The first-order valence-electron chi connectivity index (χ1n) is 10.6. The topological polar surface area (TPSA) is 44.0 Å². The lowest BCUT2D eigenvalue weighted by Crippen LogP contribution is -2.40. The van der Waals surface area contributed by atoms with E-state index in [1.165, 1.54) is 4.57 Å². The molecule has 156 valence electrons. The Kier molecular flexibility index (Phi) is 5.26. The van der Waals surface area contributed by atoms with Crippen molar-refractivity contribution in [2.75, 3.05) is 0 Å². The lowest BCUT2D eigenvalue weighted by molar-refractivity contribution is 0.614. The van der Waals surface area contributed by atoms with Crippen molar-refractivity contribution in [3.05, 3.63) is 141 Å². The minimum atomic E-state index is -0.313. The van der Waals surface area contributed by atoms with Gasteiger partial charge in [0, 0.05) is 6.20 Å². The van der Waals surface area contributed by atoms with Gasteiger partial charge in [-0.3, -0.25) is 13.9 Å². The van der Waals surface area contributed by atoms with E-state index >= 15 is 0 Å². The number of hydrogen-bond acceptors (Lipinski definition) is 2. The molecular formula is C28H22N2O2. The molecule has 5 rings (SSSR count). The predicted octanol–water partition coefficient (Wildman–Crippen LogP) is 4.93. The van der Waals surface area contributed by atoms with Crippen molar-refractivity contribution in [3.8, 4) is 11.1 Å². The van der Waals surface area contributed by atoms with Crippen LogP contribution < -0.4 is 11.2 Å². The molecule has 5 aromatic rings. The van der Waals surface area contributed by atoms with Crippen molar-refractivity contribution in [2.24, 2.45) is 0 Å². The van der Waals surface area contributed by atoms with Crippen molar-refractivity contribution in [2.45, 2.75) is 13.1 Å². The smallest absolute Gasteiger partial charge is 0.295 e. The van der Waals surface area contributed by atoms with Gasteiger partial charge in [-0.15, -0.1) is 0 Å². The van der Waals surface area contributed by atoms with E-state index in [9.17, 15) is 9.59 Å². The first kappa shape index (κ1) is 19.8. The molecule has 32 heavy (non-hydrogen) atoms. The van der Waals surface area contributed by atoms with E-state index in [4.69, 9.17) is 0 Å². The molecule has 0 N–H and O–H groups in total. The van der Waals surface area contributed by atoms with Gasteiger partial charge in [0.2, 0.25) is 0 Å². The van der Waals surface area contributed by atoms with E-state index in [1.807, 2.05) is 103 Å². The molecular weight excluding hydrogens is 396 g/mol. The Morgan fingerprint density at radius 1 is 0.594 bits per heavy atom. The lowest BCUT2D eigenvalue weighted by Gasteiger charge is -2.14. The number of rotatable bonds is 5. The Hall–Kier alpha value is -4.18. The molecule has 4 heteroatoms. The second kappa shape index (κ2) is 8.52. The van der Waals surface area contributed by atoms with Crippen LogP contribution in [0.15, 0.2) is 119 Å². The number of hydrogen-bond donors (Lipinski definition) is 0. The molecule has 1 aromatic heterocycles. The number of benzene rings is 4. The van der Waals surface area contributed by atoms with Gasteiger partial charge in [-0.1, -0.05) is 97.1 Å². The van der Waals surface area contributed by atoms with Crippen molar-refractivity contribution >= 4 is 10.8 Å². The Labute approximate surface area is 185 Å². The van der Waals surface area contributed by atoms with Gasteiger partial charge in [0.05, 0.1) is 18.7 Å². The monoisotopic (exact) mass is 418 g/mol. The minimum Gasteiger partial charge on any atom is -0.295 e. The summed E-state index contributed by atoms with van der Waals surface area (Å²) in [5.74, 6) is 0. The van der Waals surface area contributed by atoms with Crippen LogP contribution in [0.1, 0.15) is 11.1 Å². The largest absolute Gasteiger partial charge is 0.331 e. The summed E-state index contributed by atoms with van der Waals surface area (Å²) in [4.78, 5) is 26.8. The summed E-state index contributed by atoms with van der Waals surface area (Å²) in [6.45, 7) is 0.629. The first-order chi connectivity index (χ1) is 15.7. The summed E-state index contributed by atoms with van der Waals surface area (Å²) in [7, 11) is 0. The standard InChI is InChI=1S/C28H22N2O2/c31-27-26(25-16-15-23-13-7-8-14-24(23)17-25)20-29(18-21-9-3-1-4-10-21)28(32)30(27)19-22-11-5-2-6-12-22/h1-17,20H,18-19H2. The summed E-state index contributed by atoms with van der Waals surface area (Å²) in [5.41, 5.74) is 2.64. The fourth-order valence-electron chi connectivity index (χ4n) is 4.01. The Balaban J connectivity index is 1.69. The SMILES string of the molecule is O=c1c(-c2ccc3ccccc3c2)cn(Cc2ccccc2)c(=O)n1Cc1ccccc1. The zero-order valence-electron chi connectivity index (χ0n) is 17.5. The molecule has 0 fully saturated rings. The molecule has 0 radical (unpaired) electrons. The third-order valence-electron chi connectivity index (χ3n) is 5.68. The fourth-order valence-corrected chi connectivity index (χ4v) is 4.01. The highest BCUT2D eigenvalue weighted by atomic mass is 16.2. The Bertz CT molecular complexity index is 1500. The normalized spacial score (nSPS) is 11.0. The molecule has 0 atom stereocenters. The van der Waals surface area contributed by atoms with Crippen LogP contribution in [-0.2, 0) is 13.1 Å².